The zero-order valence-electron chi connectivity index (χ0n) is 14.0. The van der Waals surface area contributed by atoms with Gasteiger partial charge in [0.2, 0.25) is 0 Å². The van der Waals surface area contributed by atoms with Crippen LogP contribution >= 0.6 is 0 Å². The number of unbranched alkanes of at least 4 members (excludes halogenated alkanes) is 10. The summed E-state index contributed by atoms with van der Waals surface area (Å²) in [7, 11) is 0. The van der Waals surface area contributed by atoms with E-state index in [1.54, 1.807) is 6.92 Å². The fraction of sp³-hybridized carbons (Fsp3) is 0.941. The normalized spacial score (nSPS) is 14.2. The Balaban J connectivity index is 3.27. The van der Waals surface area contributed by atoms with Crippen molar-refractivity contribution in [2.24, 2.45) is 0 Å². The molecule has 0 rings (SSSR count). The van der Waals surface area contributed by atoms with Gasteiger partial charge in [0, 0.05) is 0 Å². The summed E-state index contributed by atoms with van der Waals surface area (Å²) in [5, 5.41) is 9.84. The number of hydrogen-bond acceptors (Lipinski definition) is 2. The number of carbonyl (C=O) groups excluding carboxylic acids is 1. The van der Waals surface area contributed by atoms with Gasteiger partial charge in [0.1, 0.15) is 0 Å². The van der Waals surface area contributed by atoms with Gasteiger partial charge in [0.25, 0.3) is 0 Å². The van der Waals surface area contributed by atoms with Crippen LogP contribution in [0.4, 0.5) is 0 Å². The van der Waals surface area contributed by atoms with Crippen molar-refractivity contribution in [3.8, 4) is 0 Å². The Morgan fingerprint density at radius 2 is 1.30 bits per heavy atom. The second-order valence-corrected chi connectivity index (χ2v) is 7.04. The summed E-state index contributed by atoms with van der Waals surface area (Å²) in [5.41, 5.74) is -1.04. The predicted octanol–water partition coefficient (Wildman–Crippen LogP) is 4.59. The number of aliphatic hydroxyl groups is 1. The quantitative estimate of drug-likeness (QED) is 0.375. The van der Waals surface area contributed by atoms with Gasteiger partial charge in [-0.2, -0.15) is 0 Å². The molecule has 0 aliphatic rings. The molecule has 0 heterocycles. The van der Waals surface area contributed by atoms with E-state index < -0.39 is 5.60 Å². The summed E-state index contributed by atoms with van der Waals surface area (Å²) < 4.78 is 0.657. The molecule has 1 unspecified atom stereocenters. The molecule has 1 N–H and O–H groups in total. The third-order valence-corrected chi connectivity index (χ3v) is 5.67. The van der Waals surface area contributed by atoms with Crippen LogP contribution in [0.3, 0.4) is 0 Å². The van der Waals surface area contributed by atoms with Crippen LogP contribution in [-0.4, -0.2) is 44.4 Å². The van der Waals surface area contributed by atoms with Gasteiger partial charge in [-0.1, -0.05) is 26.2 Å². The second-order valence-electron chi connectivity index (χ2n) is 6.34. The van der Waals surface area contributed by atoms with E-state index in [1.807, 2.05) is 0 Å². The van der Waals surface area contributed by atoms with Crippen LogP contribution < -0.4 is 0 Å². The van der Waals surface area contributed by atoms with Crippen LogP contribution in [0, 0.1) is 0 Å². The van der Waals surface area contributed by atoms with Crippen molar-refractivity contribution in [3.63, 3.8) is 0 Å². The monoisotopic (exact) mass is 292 g/mol. The Hall–Kier alpha value is 0.630. The molecule has 0 fully saturated rings. The molecule has 3 heteroatoms. The van der Waals surface area contributed by atoms with Gasteiger partial charge in [-0.05, 0) is 0 Å². The fourth-order valence-corrected chi connectivity index (χ4v) is 2.81. The van der Waals surface area contributed by atoms with Gasteiger partial charge in [0.15, 0.2) is 0 Å². The van der Waals surface area contributed by atoms with Crippen LogP contribution in [0.1, 0.15) is 90.9 Å². The molecule has 20 heavy (non-hydrogen) atoms. The van der Waals surface area contributed by atoms with Gasteiger partial charge >= 0.3 is 118 Å². The van der Waals surface area contributed by atoms with Crippen molar-refractivity contribution >= 4 is 33.7 Å². The zero-order chi connectivity index (χ0) is 15.3. The average molecular weight is 292 g/mol. The topological polar surface area (TPSA) is 37.3 Å². The third kappa shape index (κ3) is 11.3. The van der Waals surface area contributed by atoms with E-state index in [1.165, 1.54) is 57.8 Å². The van der Waals surface area contributed by atoms with Gasteiger partial charge in [-0.3, -0.25) is 0 Å². The number of carbonyl (C=O) groups is 1. The molecule has 0 saturated heterocycles. The van der Waals surface area contributed by atoms with Crippen LogP contribution in [0.15, 0.2) is 0 Å². The minimum absolute atomic E-state index is 0.0448. The molecular formula is C17H33NaO2. The molecule has 0 amide bonds. The third-order valence-electron chi connectivity index (χ3n) is 4.30. The second kappa shape index (κ2) is 13.3. The standard InChI is InChI=1S/C17H33O2.Na/c1-4-5-6-7-8-9-10-11-12-13-14-15-16(18)17(2,3)19;/h19H,2,4-15H2,1,3H3;. The Morgan fingerprint density at radius 1 is 0.900 bits per heavy atom. The summed E-state index contributed by atoms with van der Waals surface area (Å²) in [5.74, 6) is 0.0448. The fourth-order valence-electron chi connectivity index (χ4n) is 2.42. The van der Waals surface area contributed by atoms with E-state index in [2.05, 4.69) is 6.92 Å². The Kier molecular flexibility index (Phi) is 13.7. The van der Waals surface area contributed by atoms with Gasteiger partial charge < -0.3 is 0 Å². The van der Waals surface area contributed by atoms with E-state index in [9.17, 15) is 9.90 Å². The molecule has 0 aliphatic carbocycles. The van der Waals surface area contributed by atoms with Crippen molar-refractivity contribution in [1.29, 1.82) is 0 Å². The molecule has 1 atom stereocenters. The van der Waals surface area contributed by atoms with Crippen LogP contribution in [0.2, 0.25) is 3.67 Å². The molecule has 0 aromatic carbocycles. The number of hydrogen-bond donors (Lipinski definition) is 1. The van der Waals surface area contributed by atoms with E-state index in [4.69, 9.17) is 0 Å². The Morgan fingerprint density at radius 3 is 1.70 bits per heavy atom. The first-order valence-corrected chi connectivity index (χ1v) is 10.2. The number of ketones is 1. The van der Waals surface area contributed by atoms with Crippen LogP contribution in [0.25, 0.3) is 0 Å². The average Bonchev–Trinajstić information content (AvgIpc) is 2.44. The molecule has 0 aliphatic heterocycles. The summed E-state index contributed by atoms with van der Waals surface area (Å²) in [6.45, 7) is 3.92. The summed E-state index contributed by atoms with van der Waals surface area (Å²) in [6.07, 6.45) is 14.8. The van der Waals surface area contributed by atoms with E-state index in [0.29, 0.717) is 10.1 Å². The SMILES string of the molecule is CCCCCCCCCCCCCC(=O)C(C)(O)[CH2][Na]. The van der Waals surface area contributed by atoms with Crippen molar-refractivity contribution in [3.05, 3.63) is 0 Å². The van der Waals surface area contributed by atoms with Gasteiger partial charge in [-0.25, -0.2) is 0 Å². The first-order chi connectivity index (χ1) is 9.54. The molecule has 0 saturated carbocycles. The van der Waals surface area contributed by atoms with E-state index in [0.717, 1.165) is 40.8 Å². The van der Waals surface area contributed by atoms with Crippen molar-refractivity contribution < 1.29 is 9.90 Å². The van der Waals surface area contributed by atoms with E-state index in [-0.39, 0.29) is 5.78 Å². The minimum atomic E-state index is -1.04. The molecule has 0 aromatic rings. The Labute approximate surface area is 143 Å². The van der Waals surface area contributed by atoms with Crippen molar-refractivity contribution in [2.45, 2.75) is 100 Å². The molecule has 2 nitrogen and oxygen atoms in total. The molecule has 0 spiro atoms. The summed E-state index contributed by atoms with van der Waals surface area (Å²) in [6, 6.07) is 0. The number of rotatable bonds is 14. The Bertz CT molecular complexity index is 239. The number of Topliss-reactive ketones (excluding diaryl/α,β-unsaturated/α-hetero) is 1. The van der Waals surface area contributed by atoms with Crippen LogP contribution in [-0.2, 0) is 4.79 Å². The van der Waals surface area contributed by atoms with Crippen molar-refractivity contribution in [2.75, 3.05) is 0 Å². The predicted molar refractivity (Wildman–Crippen MR) is 87.3 cm³/mol. The van der Waals surface area contributed by atoms with Crippen molar-refractivity contribution in [1.82, 2.24) is 0 Å². The molecule has 114 valence electrons. The maximum atomic E-state index is 11.7. The van der Waals surface area contributed by atoms with Gasteiger partial charge in [0.05, 0.1) is 0 Å². The summed E-state index contributed by atoms with van der Waals surface area (Å²) >= 11 is 0.886. The molecule has 0 aromatic heterocycles. The zero-order valence-corrected chi connectivity index (χ0v) is 16.0. The maximum absolute atomic E-state index is 11.7. The first-order valence-electron chi connectivity index (χ1n) is 8.80. The van der Waals surface area contributed by atoms with Gasteiger partial charge in [-0.15, -0.1) is 0 Å². The van der Waals surface area contributed by atoms with E-state index >= 15 is 0 Å². The first kappa shape index (κ1) is 20.6. The summed E-state index contributed by atoms with van der Waals surface area (Å²) in [4.78, 5) is 11.7. The molecule has 0 radical (unpaired) electrons. The molecular weight excluding hydrogens is 259 g/mol. The van der Waals surface area contributed by atoms with Crippen LogP contribution in [0.5, 0.6) is 0 Å². The molecule has 0 bridgehead atoms.